The first-order chi connectivity index (χ1) is 26.0. The van der Waals surface area contributed by atoms with E-state index in [0.29, 0.717) is 6.42 Å². The maximum absolute atomic E-state index is 13.8. The van der Waals surface area contributed by atoms with E-state index in [1.54, 1.807) is 26.8 Å². The highest BCUT2D eigenvalue weighted by atomic mass is 16.5. The fourth-order valence-electron chi connectivity index (χ4n) is 6.00. The summed E-state index contributed by atoms with van der Waals surface area (Å²) in [5, 5.41) is 20.8. The van der Waals surface area contributed by atoms with Gasteiger partial charge in [-0.15, -0.1) is 0 Å². The number of nitrogens with zero attached hydrogens (tertiary/aromatic N) is 1. The third-order valence-electron chi connectivity index (χ3n) is 8.82. The number of Topliss-reactive ketones (excluding diaryl/α,β-unsaturated/α-hetero) is 1. The summed E-state index contributed by atoms with van der Waals surface area (Å²) in [5.74, 6) is -6.96. The summed E-state index contributed by atoms with van der Waals surface area (Å²) in [6.07, 6.45) is -1.37. The average Bonchev–Trinajstić information content (AvgIpc) is 3.57. The van der Waals surface area contributed by atoms with Crippen LogP contribution in [0.5, 0.6) is 0 Å². The molecular weight excluding hydrogens is 716 g/mol. The van der Waals surface area contributed by atoms with Gasteiger partial charge in [0.25, 0.3) is 5.91 Å². The Hall–Kier alpha value is -5.58. The van der Waals surface area contributed by atoms with Gasteiger partial charge in [-0.1, -0.05) is 83.5 Å². The molecule has 1 aliphatic rings. The molecule has 0 radical (unpaired) electrons. The molecule has 7 N–H and O–H groups in total. The molecule has 55 heavy (non-hydrogen) atoms. The van der Waals surface area contributed by atoms with Gasteiger partial charge < -0.3 is 46.5 Å². The number of hydrogen-bond acceptors (Lipinski definition) is 10. The van der Waals surface area contributed by atoms with Crippen LogP contribution in [-0.2, 0) is 49.5 Å². The van der Waals surface area contributed by atoms with E-state index in [-0.39, 0.29) is 38.3 Å². The van der Waals surface area contributed by atoms with Crippen LogP contribution in [0.25, 0.3) is 10.8 Å². The second-order valence-electron chi connectivity index (χ2n) is 14.2. The Morgan fingerprint density at radius 2 is 1.62 bits per heavy atom. The summed E-state index contributed by atoms with van der Waals surface area (Å²) in [7, 11) is 0. The molecule has 2 aromatic rings. The van der Waals surface area contributed by atoms with Crippen molar-refractivity contribution >= 4 is 58.2 Å². The molecule has 5 unspecified atom stereocenters. The number of rotatable bonds is 20. The molecule has 0 saturated carbocycles. The molecule has 0 bridgehead atoms. The molecule has 0 aromatic heterocycles. The number of primary amides is 1. The van der Waals surface area contributed by atoms with E-state index in [0.717, 1.165) is 21.2 Å². The number of hydrogen-bond donors (Lipinski definition) is 6. The number of carbonyl (C=O) groups excluding carboxylic acids is 7. The van der Waals surface area contributed by atoms with Crippen LogP contribution in [-0.4, -0.2) is 114 Å². The van der Waals surface area contributed by atoms with Crippen molar-refractivity contribution in [1.29, 1.82) is 0 Å². The molecule has 3 rings (SSSR count). The van der Waals surface area contributed by atoms with Gasteiger partial charge in [-0.05, 0) is 34.6 Å². The number of benzene rings is 2. The number of fused-ring (bicyclic) bond motifs is 1. The second-order valence-corrected chi connectivity index (χ2v) is 14.2. The van der Waals surface area contributed by atoms with Gasteiger partial charge in [0.2, 0.25) is 29.4 Å². The summed E-state index contributed by atoms with van der Waals surface area (Å²) in [6.45, 7) is 7.33. The summed E-state index contributed by atoms with van der Waals surface area (Å²) in [4.78, 5) is 104. The fraction of sp³-hybridized carbons (Fsp3) is 0.526. The van der Waals surface area contributed by atoms with E-state index in [1.807, 2.05) is 50.2 Å². The highest BCUT2D eigenvalue weighted by molar-refractivity contribution is 6.38. The van der Waals surface area contributed by atoms with Gasteiger partial charge in [-0.2, -0.15) is 0 Å². The van der Waals surface area contributed by atoms with Crippen molar-refractivity contribution < 1.29 is 52.9 Å². The van der Waals surface area contributed by atoms with E-state index in [2.05, 4.69) is 21.3 Å². The van der Waals surface area contributed by atoms with Crippen LogP contribution in [0.15, 0.2) is 42.5 Å². The van der Waals surface area contributed by atoms with Gasteiger partial charge in [0.15, 0.2) is 0 Å². The summed E-state index contributed by atoms with van der Waals surface area (Å²) in [6, 6.07) is 8.32. The molecule has 300 valence electrons. The van der Waals surface area contributed by atoms with Crippen molar-refractivity contribution in [3.8, 4) is 0 Å². The van der Waals surface area contributed by atoms with Crippen LogP contribution in [0.3, 0.4) is 0 Å². The van der Waals surface area contributed by atoms with E-state index >= 15 is 0 Å². The minimum Gasteiger partial charge on any atom is -0.480 e. The quantitative estimate of drug-likeness (QED) is 0.103. The predicted octanol–water partition coefficient (Wildman–Crippen LogP) is 0.800. The van der Waals surface area contributed by atoms with Crippen LogP contribution in [0.4, 0.5) is 4.79 Å². The summed E-state index contributed by atoms with van der Waals surface area (Å²) >= 11 is 0. The SMILES string of the molecule is CCCC(NC(=O)C1CC(OCC(=O)O)CN1C(=O)C(NC(=O)OCC(C)C)C(C)C)C(=O)C(=O)NCC(=O)NC(Cc1ccc2ccccc2c1)C(N)=O. The molecule has 17 heteroatoms. The van der Waals surface area contributed by atoms with Crippen LogP contribution in [0.1, 0.15) is 59.4 Å². The largest absolute Gasteiger partial charge is 0.480 e. The number of carboxylic acid groups (broad SMARTS) is 1. The van der Waals surface area contributed by atoms with Gasteiger partial charge in [0, 0.05) is 19.4 Å². The number of likely N-dealkylation sites (tertiary alicyclic amines) is 1. The molecule has 17 nitrogen and oxygen atoms in total. The van der Waals surface area contributed by atoms with Crippen LogP contribution >= 0.6 is 0 Å². The maximum Gasteiger partial charge on any atom is 0.407 e. The Morgan fingerprint density at radius 1 is 0.927 bits per heavy atom. The molecule has 0 spiro atoms. The maximum atomic E-state index is 13.8. The van der Waals surface area contributed by atoms with Gasteiger partial charge >= 0.3 is 12.1 Å². The Morgan fingerprint density at radius 3 is 2.24 bits per heavy atom. The van der Waals surface area contributed by atoms with Crippen molar-refractivity contribution in [3.05, 3.63) is 48.0 Å². The van der Waals surface area contributed by atoms with Crippen LogP contribution in [0.2, 0.25) is 0 Å². The zero-order valence-corrected chi connectivity index (χ0v) is 31.8. The normalized spacial score (nSPS) is 16.9. The lowest BCUT2D eigenvalue weighted by Crippen LogP contribution is -2.57. The first kappa shape index (κ1) is 43.8. The Labute approximate surface area is 319 Å². The van der Waals surface area contributed by atoms with E-state index in [1.165, 1.54) is 0 Å². The number of carboxylic acids is 1. The van der Waals surface area contributed by atoms with Crippen molar-refractivity contribution in [3.63, 3.8) is 0 Å². The lowest BCUT2D eigenvalue weighted by molar-refractivity contribution is -0.144. The first-order valence-corrected chi connectivity index (χ1v) is 18.3. The first-order valence-electron chi connectivity index (χ1n) is 18.3. The monoisotopic (exact) mass is 768 g/mol. The molecule has 1 aliphatic heterocycles. The van der Waals surface area contributed by atoms with E-state index in [4.69, 9.17) is 20.3 Å². The number of ketones is 1. The molecule has 0 aliphatic carbocycles. The van der Waals surface area contributed by atoms with E-state index < -0.39 is 96.7 Å². The number of alkyl carbamates (subject to hydrolysis) is 1. The van der Waals surface area contributed by atoms with Gasteiger partial charge in [0.1, 0.15) is 24.7 Å². The molecule has 1 saturated heterocycles. The fourth-order valence-corrected chi connectivity index (χ4v) is 6.00. The number of aliphatic carboxylic acids is 1. The van der Waals surface area contributed by atoms with Gasteiger partial charge in [0.05, 0.1) is 25.3 Å². The molecule has 2 aromatic carbocycles. The Balaban J connectivity index is 1.67. The van der Waals surface area contributed by atoms with Crippen molar-refractivity contribution in [2.45, 2.75) is 90.6 Å². The standard InChI is InChI=1S/C38H52N6O11/c1-6-9-27(33(48)36(51)40-17-30(45)41-28(34(39)49)15-23-12-13-24-10-7-8-11-25(24)14-23)42-35(50)29-16-26(54-20-31(46)47)18-44(29)37(52)32(22(4)5)43-38(53)55-19-21(2)3/h7-8,10-14,21-22,26-29,32H,6,9,15-20H2,1-5H3,(H2,39,49)(H,40,51)(H,41,45)(H,42,50)(H,43,53)(H,46,47). The zero-order valence-electron chi connectivity index (χ0n) is 31.8. The molecule has 6 amide bonds. The molecule has 5 atom stereocenters. The third-order valence-corrected chi connectivity index (χ3v) is 8.82. The predicted molar refractivity (Wildman–Crippen MR) is 199 cm³/mol. The van der Waals surface area contributed by atoms with Gasteiger partial charge in [-0.3, -0.25) is 28.8 Å². The highest BCUT2D eigenvalue weighted by Gasteiger charge is 2.44. The molecule has 1 heterocycles. The number of nitrogens with two attached hydrogens (primary N) is 1. The lowest BCUT2D eigenvalue weighted by Gasteiger charge is -2.31. The van der Waals surface area contributed by atoms with Crippen LogP contribution in [0, 0.1) is 11.8 Å². The van der Waals surface area contributed by atoms with Crippen LogP contribution < -0.4 is 27.0 Å². The number of nitrogens with one attached hydrogen (secondary N) is 4. The number of carbonyl (C=O) groups is 8. The molecular formula is C38H52N6O11. The molecule has 1 fully saturated rings. The third kappa shape index (κ3) is 13.3. The lowest BCUT2D eigenvalue weighted by atomic mass is 10.0. The van der Waals surface area contributed by atoms with E-state index in [9.17, 15) is 38.4 Å². The zero-order chi connectivity index (χ0) is 40.8. The van der Waals surface area contributed by atoms with Crippen molar-refractivity contribution in [1.82, 2.24) is 26.2 Å². The van der Waals surface area contributed by atoms with Crippen molar-refractivity contribution in [2.75, 3.05) is 26.3 Å². The highest BCUT2D eigenvalue weighted by Crippen LogP contribution is 2.24. The average molecular weight is 769 g/mol. The topological polar surface area (TPSA) is 253 Å². The smallest absolute Gasteiger partial charge is 0.407 e. The minimum absolute atomic E-state index is 0.0250. The van der Waals surface area contributed by atoms with Crippen molar-refractivity contribution in [2.24, 2.45) is 17.6 Å². The summed E-state index contributed by atoms with van der Waals surface area (Å²) in [5.41, 5.74) is 6.28. The minimum atomic E-state index is -1.35. The summed E-state index contributed by atoms with van der Waals surface area (Å²) < 4.78 is 10.6. The van der Waals surface area contributed by atoms with Gasteiger partial charge in [-0.25, -0.2) is 9.59 Å². The second kappa shape index (κ2) is 20.8. The Bertz CT molecular complexity index is 1730. The number of ether oxygens (including phenoxy) is 2. The Kier molecular flexibility index (Phi) is 16.5. The number of amides is 6.